The topological polar surface area (TPSA) is 0 Å². The lowest BCUT2D eigenvalue weighted by molar-refractivity contribution is 0.751. The van der Waals surface area contributed by atoms with Crippen LogP contribution in [0, 0.1) is 12.5 Å². The Kier molecular flexibility index (Phi) is 5.29. The Morgan fingerprint density at radius 1 is 1.62 bits per heavy atom. The molecule has 0 fully saturated rings. The molecule has 0 aromatic heterocycles. The van der Waals surface area contributed by atoms with Crippen LogP contribution in [0.3, 0.4) is 0 Å². The van der Waals surface area contributed by atoms with Gasteiger partial charge in [-0.1, -0.05) is 26.5 Å². The lowest BCUT2D eigenvalue weighted by Crippen LogP contribution is -1.90. The number of hydrogen-bond acceptors (Lipinski definition) is 1. The van der Waals surface area contributed by atoms with Gasteiger partial charge < -0.3 is 0 Å². The van der Waals surface area contributed by atoms with E-state index in [9.17, 15) is 0 Å². The maximum atomic E-state index is 5.17. The molecule has 0 atom stereocenters. The summed E-state index contributed by atoms with van der Waals surface area (Å²) in [5.74, 6) is 2.99. The van der Waals surface area contributed by atoms with Crippen molar-refractivity contribution in [2.24, 2.45) is 5.92 Å². The van der Waals surface area contributed by atoms with Crippen molar-refractivity contribution >= 4 is 11.8 Å². The predicted octanol–water partition coefficient (Wildman–Crippen LogP) is 2.36. The zero-order valence-corrected chi connectivity index (χ0v) is 6.37. The summed E-state index contributed by atoms with van der Waals surface area (Å²) in [5.41, 5.74) is 0. The minimum absolute atomic E-state index is 0.792. The van der Waals surface area contributed by atoms with E-state index in [-0.39, 0.29) is 0 Å². The summed E-state index contributed by atoms with van der Waals surface area (Å²) in [6.45, 7) is 9.59. The van der Waals surface area contributed by atoms with Crippen molar-refractivity contribution in [2.45, 2.75) is 13.8 Å². The molecule has 0 nitrogen and oxygen atoms in total. The zero-order chi connectivity index (χ0) is 6.41. The van der Waals surface area contributed by atoms with Crippen LogP contribution < -0.4 is 0 Å². The number of thioether (sulfide) groups is 1. The molecule has 0 N–H and O–H groups in total. The first-order valence-corrected chi connectivity index (χ1v) is 4.04. The molecule has 0 bridgehead atoms. The molecule has 8 heavy (non-hydrogen) atoms. The molecule has 0 saturated heterocycles. The van der Waals surface area contributed by atoms with Crippen LogP contribution >= 0.6 is 11.8 Å². The van der Waals surface area contributed by atoms with Crippen molar-refractivity contribution in [3.8, 4) is 0 Å². The molecule has 0 saturated carbocycles. The van der Waals surface area contributed by atoms with Crippen molar-refractivity contribution in [2.75, 3.05) is 11.5 Å². The fourth-order valence-electron chi connectivity index (χ4n) is 0.372. The second-order valence-corrected chi connectivity index (χ2v) is 3.24. The number of rotatable bonds is 4. The van der Waals surface area contributed by atoms with Gasteiger partial charge in [0.1, 0.15) is 0 Å². The van der Waals surface area contributed by atoms with Crippen LogP contribution in [0.2, 0.25) is 0 Å². The smallest absolute Gasteiger partial charge is 0.0116 e. The van der Waals surface area contributed by atoms with Gasteiger partial charge in [0.25, 0.3) is 0 Å². The number of hydrogen-bond donors (Lipinski definition) is 0. The zero-order valence-electron chi connectivity index (χ0n) is 5.55. The molecular weight excluding hydrogens is 116 g/mol. The summed E-state index contributed by atoms with van der Waals surface area (Å²) in [7, 11) is 0. The normalized spacial score (nSPS) is 9.88. The Morgan fingerprint density at radius 2 is 2.25 bits per heavy atom. The highest BCUT2D eigenvalue weighted by Crippen LogP contribution is 2.05. The molecule has 1 heteroatoms. The average molecular weight is 129 g/mol. The third kappa shape index (κ3) is 6.09. The van der Waals surface area contributed by atoms with Crippen LogP contribution in [0.5, 0.6) is 0 Å². The van der Waals surface area contributed by atoms with E-state index in [0.29, 0.717) is 0 Å². The second kappa shape index (κ2) is 5.23. The van der Waals surface area contributed by atoms with Crippen molar-refractivity contribution < 1.29 is 0 Å². The van der Waals surface area contributed by atoms with Crippen LogP contribution in [0.15, 0.2) is 6.08 Å². The summed E-state index contributed by atoms with van der Waals surface area (Å²) in [6, 6.07) is 0. The van der Waals surface area contributed by atoms with Gasteiger partial charge >= 0.3 is 0 Å². The van der Waals surface area contributed by atoms with Crippen LogP contribution in [-0.2, 0) is 0 Å². The van der Waals surface area contributed by atoms with Crippen molar-refractivity contribution in [3.63, 3.8) is 0 Å². The molecule has 0 rings (SSSR count). The molecule has 0 heterocycles. The van der Waals surface area contributed by atoms with Gasteiger partial charge in [0, 0.05) is 5.75 Å². The standard InChI is InChI=1S/C7H13S/c1-4-5-8-6-7(2)3/h1,4,7H,5-6H2,2-3H3. The van der Waals surface area contributed by atoms with E-state index in [1.807, 2.05) is 11.8 Å². The summed E-state index contributed by atoms with van der Waals surface area (Å²) in [5, 5.41) is 0. The highest BCUT2D eigenvalue weighted by molar-refractivity contribution is 7.99. The molecule has 0 spiro atoms. The van der Waals surface area contributed by atoms with Gasteiger partial charge in [-0.2, -0.15) is 11.8 Å². The molecule has 0 aromatic rings. The molecule has 47 valence electrons. The van der Waals surface area contributed by atoms with Crippen LogP contribution in [0.4, 0.5) is 0 Å². The third-order valence-corrected chi connectivity index (χ3v) is 2.00. The van der Waals surface area contributed by atoms with E-state index in [2.05, 4.69) is 13.8 Å². The quantitative estimate of drug-likeness (QED) is 0.525. The molecule has 0 amide bonds. The van der Waals surface area contributed by atoms with E-state index in [0.717, 1.165) is 11.7 Å². The van der Waals surface area contributed by atoms with E-state index in [4.69, 9.17) is 6.58 Å². The minimum atomic E-state index is 0.792. The van der Waals surface area contributed by atoms with Crippen molar-refractivity contribution in [1.29, 1.82) is 0 Å². The first-order chi connectivity index (χ1) is 3.77. The van der Waals surface area contributed by atoms with Gasteiger partial charge in [-0.15, -0.1) is 0 Å². The Morgan fingerprint density at radius 3 is 2.62 bits per heavy atom. The third-order valence-electron chi connectivity index (χ3n) is 0.665. The van der Waals surface area contributed by atoms with Gasteiger partial charge in [-0.25, -0.2) is 0 Å². The average Bonchev–Trinajstić information content (AvgIpc) is 1.66. The summed E-state index contributed by atoms with van der Waals surface area (Å²) < 4.78 is 0. The molecular formula is C7H13S. The van der Waals surface area contributed by atoms with E-state index in [1.54, 1.807) is 6.08 Å². The van der Waals surface area contributed by atoms with Crippen molar-refractivity contribution in [1.82, 2.24) is 0 Å². The minimum Gasteiger partial charge on any atom is -0.158 e. The lowest BCUT2D eigenvalue weighted by atomic mass is 10.3. The highest BCUT2D eigenvalue weighted by Gasteiger charge is 1.89. The van der Waals surface area contributed by atoms with E-state index in [1.165, 1.54) is 5.75 Å². The molecule has 0 unspecified atom stereocenters. The SMILES string of the molecule is [CH]=CCSCC(C)C. The summed E-state index contributed by atoms with van der Waals surface area (Å²) in [4.78, 5) is 0. The molecule has 0 aliphatic heterocycles. The van der Waals surface area contributed by atoms with Gasteiger partial charge in [-0.3, -0.25) is 0 Å². The first-order valence-electron chi connectivity index (χ1n) is 2.88. The van der Waals surface area contributed by atoms with Gasteiger partial charge in [-0.05, 0) is 11.7 Å². The van der Waals surface area contributed by atoms with Crippen LogP contribution in [0.1, 0.15) is 13.8 Å². The predicted molar refractivity (Wildman–Crippen MR) is 41.0 cm³/mol. The Labute approximate surface area is 56.4 Å². The summed E-state index contributed by atoms with van der Waals surface area (Å²) in [6.07, 6.45) is 1.70. The monoisotopic (exact) mass is 129 g/mol. The highest BCUT2D eigenvalue weighted by atomic mass is 32.2. The Balaban J connectivity index is 2.81. The maximum absolute atomic E-state index is 5.17. The van der Waals surface area contributed by atoms with Crippen LogP contribution in [-0.4, -0.2) is 11.5 Å². The fraction of sp³-hybridized carbons (Fsp3) is 0.714. The van der Waals surface area contributed by atoms with Crippen molar-refractivity contribution in [3.05, 3.63) is 12.7 Å². The molecule has 0 aliphatic rings. The first kappa shape index (κ1) is 8.09. The van der Waals surface area contributed by atoms with E-state index >= 15 is 0 Å². The Hall–Kier alpha value is 0.0900. The molecule has 0 aromatic carbocycles. The molecule has 1 radical (unpaired) electrons. The maximum Gasteiger partial charge on any atom is 0.0116 e. The molecule has 0 aliphatic carbocycles. The van der Waals surface area contributed by atoms with E-state index < -0.39 is 0 Å². The van der Waals surface area contributed by atoms with Crippen LogP contribution in [0.25, 0.3) is 0 Å². The largest absolute Gasteiger partial charge is 0.158 e. The Bertz CT molecular complexity index is 57.4. The summed E-state index contributed by atoms with van der Waals surface area (Å²) >= 11 is 1.88. The second-order valence-electron chi connectivity index (χ2n) is 2.17. The lowest BCUT2D eigenvalue weighted by Gasteiger charge is -1.99. The van der Waals surface area contributed by atoms with Gasteiger partial charge in [0.05, 0.1) is 0 Å². The van der Waals surface area contributed by atoms with Gasteiger partial charge in [0.2, 0.25) is 0 Å². The fourth-order valence-corrected chi connectivity index (χ4v) is 1.12. The van der Waals surface area contributed by atoms with Gasteiger partial charge in [0.15, 0.2) is 0 Å².